The van der Waals surface area contributed by atoms with Crippen LogP contribution in [0.15, 0.2) is 18.2 Å². The lowest BCUT2D eigenvalue weighted by Gasteiger charge is -2.14. The van der Waals surface area contributed by atoms with Crippen molar-refractivity contribution in [1.29, 1.82) is 0 Å². The second kappa shape index (κ2) is 10.00. The van der Waals surface area contributed by atoms with Gasteiger partial charge in [-0.15, -0.1) is 0 Å². The van der Waals surface area contributed by atoms with Crippen LogP contribution in [0, 0.1) is 0 Å². The first-order chi connectivity index (χ1) is 9.65. The van der Waals surface area contributed by atoms with Gasteiger partial charge in [0, 0.05) is 26.4 Å². The minimum Gasteiger partial charge on any atom is -0.489 e. The quantitative estimate of drug-likeness (QED) is 0.675. The zero-order valence-electron chi connectivity index (χ0n) is 12.2. The standard InChI is InChI=1S/C15H24ClNO3/c1-12(17)11-13-5-3-6-14(16)15(13)20-10-9-19-8-4-7-18-2/h3,5-6,12H,4,7-11,17H2,1-2H3. The van der Waals surface area contributed by atoms with Gasteiger partial charge in [-0.3, -0.25) is 0 Å². The third-order valence-corrected chi connectivity index (χ3v) is 3.00. The molecule has 0 amide bonds. The Morgan fingerprint density at radius 1 is 1.20 bits per heavy atom. The van der Waals surface area contributed by atoms with E-state index in [9.17, 15) is 0 Å². The maximum Gasteiger partial charge on any atom is 0.141 e. The van der Waals surface area contributed by atoms with Gasteiger partial charge in [-0.1, -0.05) is 23.7 Å². The molecular formula is C15H24ClNO3. The van der Waals surface area contributed by atoms with Crippen LogP contribution in [0.2, 0.25) is 5.02 Å². The van der Waals surface area contributed by atoms with E-state index in [4.69, 9.17) is 31.5 Å². The van der Waals surface area contributed by atoms with Gasteiger partial charge in [-0.2, -0.15) is 0 Å². The van der Waals surface area contributed by atoms with Gasteiger partial charge in [-0.05, 0) is 31.4 Å². The molecule has 0 fully saturated rings. The second-order valence-electron chi connectivity index (χ2n) is 4.72. The van der Waals surface area contributed by atoms with E-state index in [1.54, 1.807) is 7.11 Å². The van der Waals surface area contributed by atoms with Gasteiger partial charge in [0.25, 0.3) is 0 Å². The van der Waals surface area contributed by atoms with Gasteiger partial charge >= 0.3 is 0 Å². The average molecular weight is 302 g/mol. The third kappa shape index (κ3) is 6.57. The largest absolute Gasteiger partial charge is 0.489 e. The van der Waals surface area contributed by atoms with Gasteiger partial charge in [-0.25, -0.2) is 0 Å². The van der Waals surface area contributed by atoms with Crippen LogP contribution < -0.4 is 10.5 Å². The van der Waals surface area contributed by atoms with Gasteiger partial charge in [0.05, 0.1) is 11.6 Å². The highest BCUT2D eigenvalue weighted by atomic mass is 35.5. The first-order valence-corrected chi connectivity index (χ1v) is 7.25. The summed E-state index contributed by atoms with van der Waals surface area (Å²) in [6, 6.07) is 5.79. The summed E-state index contributed by atoms with van der Waals surface area (Å²) in [5.74, 6) is 0.715. The maximum atomic E-state index is 6.17. The molecule has 0 heterocycles. The number of ether oxygens (including phenoxy) is 3. The molecule has 1 aromatic carbocycles. The minimum atomic E-state index is 0.0705. The van der Waals surface area contributed by atoms with Crippen molar-refractivity contribution in [3.05, 3.63) is 28.8 Å². The molecular weight excluding hydrogens is 278 g/mol. The van der Waals surface area contributed by atoms with E-state index in [2.05, 4.69) is 0 Å². The van der Waals surface area contributed by atoms with E-state index in [0.717, 1.165) is 18.4 Å². The van der Waals surface area contributed by atoms with Crippen LogP contribution in [0.5, 0.6) is 5.75 Å². The first kappa shape index (κ1) is 17.2. The predicted molar refractivity (Wildman–Crippen MR) is 81.6 cm³/mol. The van der Waals surface area contributed by atoms with Crippen molar-refractivity contribution in [1.82, 2.24) is 0 Å². The van der Waals surface area contributed by atoms with Crippen molar-refractivity contribution in [2.45, 2.75) is 25.8 Å². The highest BCUT2D eigenvalue weighted by molar-refractivity contribution is 6.32. The summed E-state index contributed by atoms with van der Waals surface area (Å²) < 4.78 is 16.1. The molecule has 0 aliphatic carbocycles. The van der Waals surface area contributed by atoms with Crippen LogP contribution in [-0.2, 0) is 15.9 Å². The Bertz CT molecular complexity index is 385. The Morgan fingerprint density at radius 3 is 2.70 bits per heavy atom. The van der Waals surface area contributed by atoms with Crippen LogP contribution >= 0.6 is 11.6 Å². The lowest BCUT2D eigenvalue weighted by atomic mass is 10.1. The van der Waals surface area contributed by atoms with Gasteiger partial charge < -0.3 is 19.9 Å². The summed E-state index contributed by atoms with van der Waals surface area (Å²) >= 11 is 6.17. The number of halogens is 1. The highest BCUT2D eigenvalue weighted by Gasteiger charge is 2.10. The second-order valence-corrected chi connectivity index (χ2v) is 5.12. The van der Waals surface area contributed by atoms with Gasteiger partial charge in [0.15, 0.2) is 0 Å². The summed E-state index contributed by atoms with van der Waals surface area (Å²) in [6.07, 6.45) is 1.63. The summed E-state index contributed by atoms with van der Waals surface area (Å²) in [7, 11) is 1.68. The topological polar surface area (TPSA) is 53.7 Å². The highest BCUT2D eigenvalue weighted by Crippen LogP contribution is 2.29. The lowest BCUT2D eigenvalue weighted by Crippen LogP contribution is -2.18. The van der Waals surface area contributed by atoms with Crippen molar-refractivity contribution >= 4 is 11.6 Å². The van der Waals surface area contributed by atoms with Crippen molar-refractivity contribution in [2.24, 2.45) is 5.73 Å². The molecule has 0 aliphatic rings. The Kier molecular flexibility index (Phi) is 8.62. The lowest BCUT2D eigenvalue weighted by molar-refractivity contribution is 0.0804. The fourth-order valence-electron chi connectivity index (χ4n) is 1.83. The van der Waals surface area contributed by atoms with E-state index in [0.29, 0.717) is 37.2 Å². The Morgan fingerprint density at radius 2 is 2.00 bits per heavy atom. The van der Waals surface area contributed by atoms with E-state index < -0.39 is 0 Å². The van der Waals surface area contributed by atoms with Crippen LogP contribution in [0.1, 0.15) is 18.9 Å². The zero-order chi connectivity index (χ0) is 14.8. The van der Waals surface area contributed by atoms with E-state index in [1.807, 2.05) is 25.1 Å². The molecule has 0 radical (unpaired) electrons. The third-order valence-electron chi connectivity index (χ3n) is 2.70. The van der Waals surface area contributed by atoms with Crippen molar-refractivity contribution in [2.75, 3.05) is 33.5 Å². The summed E-state index contributed by atoms with van der Waals surface area (Å²) in [4.78, 5) is 0. The monoisotopic (exact) mass is 301 g/mol. The number of methoxy groups -OCH3 is 1. The molecule has 0 aliphatic heterocycles. The molecule has 1 aromatic rings. The first-order valence-electron chi connectivity index (χ1n) is 6.87. The van der Waals surface area contributed by atoms with Crippen molar-refractivity contribution < 1.29 is 14.2 Å². The van der Waals surface area contributed by atoms with Crippen LogP contribution in [0.4, 0.5) is 0 Å². The van der Waals surface area contributed by atoms with Gasteiger partial charge in [0.1, 0.15) is 12.4 Å². The van der Waals surface area contributed by atoms with E-state index in [-0.39, 0.29) is 6.04 Å². The van der Waals surface area contributed by atoms with E-state index >= 15 is 0 Å². The maximum absolute atomic E-state index is 6.17. The SMILES string of the molecule is COCCCOCCOc1c(Cl)cccc1CC(C)N. The van der Waals surface area contributed by atoms with Crippen molar-refractivity contribution in [3.63, 3.8) is 0 Å². The number of para-hydroxylation sites is 1. The number of hydrogen-bond donors (Lipinski definition) is 1. The fraction of sp³-hybridized carbons (Fsp3) is 0.600. The summed E-state index contributed by atoms with van der Waals surface area (Å²) in [6.45, 7) is 4.36. The molecule has 1 unspecified atom stereocenters. The average Bonchev–Trinajstić information content (AvgIpc) is 2.40. The molecule has 0 spiro atoms. The fourth-order valence-corrected chi connectivity index (χ4v) is 2.08. The number of rotatable bonds is 10. The Hall–Kier alpha value is -0.810. The Labute approximate surface area is 126 Å². The van der Waals surface area contributed by atoms with Gasteiger partial charge in [0.2, 0.25) is 0 Å². The predicted octanol–water partition coefficient (Wildman–Crippen LogP) is 2.66. The van der Waals surface area contributed by atoms with Crippen LogP contribution in [-0.4, -0.2) is 39.6 Å². The van der Waals surface area contributed by atoms with Crippen LogP contribution in [0.25, 0.3) is 0 Å². The molecule has 0 aromatic heterocycles. The molecule has 0 bridgehead atoms. The summed E-state index contributed by atoms with van der Waals surface area (Å²) in [5, 5.41) is 0.613. The smallest absolute Gasteiger partial charge is 0.141 e. The number of nitrogens with two attached hydrogens (primary N) is 1. The molecule has 1 rings (SSSR count). The summed E-state index contributed by atoms with van der Waals surface area (Å²) in [5.41, 5.74) is 6.87. The number of hydrogen-bond acceptors (Lipinski definition) is 4. The molecule has 20 heavy (non-hydrogen) atoms. The van der Waals surface area contributed by atoms with Crippen LogP contribution in [0.3, 0.4) is 0 Å². The normalized spacial score (nSPS) is 12.4. The molecule has 2 N–H and O–H groups in total. The minimum absolute atomic E-state index is 0.0705. The molecule has 0 saturated carbocycles. The Balaban J connectivity index is 2.38. The van der Waals surface area contributed by atoms with Crippen molar-refractivity contribution in [3.8, 4) is 5.75 Å². The molecule has 4 nitrogen and oxygen atoms in total. The van der Waals surface area contributed by atoms with E-state index in [1.165, 1.54) is 0 Å². The molecule has 1 atom stereocenters. The zero-order valence-corrected chi connectivity index (χ0v) is 13.0. The molecule has 5 heteroatoms. The number of benzene rings is 1. The molecule has 0 saturated heterocycles. The molecule has 114 valence electrons.